The number of amides is 1. The van der Waals surface area contributed by atoms with Crippen molar-refractivity contribution in [1.29, 1.82) is 0 Å². The summed E-state index contributed by atoms with van der Waals surface area (Å²) >= 11 is 0. The molecule has 0 spiro atoms. The third kappa shape index (κ3) is 3.07. The second kappa shape index (κ2) is 6.53. The van der Waals surface area contributed by atoms with E-state index in [1.807, 2.05) is 18.2 Å². The molecular weight excluding hydrogens is 278 g/mol. The van der Waals surface area contributed by atoms with Gasteiger partial charge in [0.05, 0.1) is 18.8 Å². The maximum absolute atomic E-state index is 11.8. The van der Waals surface area contributed by atoms with Gasteiger partial charge in [0.1, 0.15) is 12.1 Å². The van der Waals surface area contributed by atoms with Gasteiger partial charge in [-0.05, 0) is 5.56 Å². The summed E-state index contributed by atoms with van der Waals surface area (Å²) in [4.78, 5) is 22.2. The number of anilines is 1. The van der Waals surface area contributed by atoms with Crippen molar-refractivity contribution < 1.29 is 4.79 Å². The van der Waals surface area contributed by atoms with Gasteiger partial charge in [0.15, 0.2) is 0 Å². The first kappa shape index (κ1) is 14.5. The number of rotatable bonds is 4. The molecular formula is C16H19N5O. The number of hydrogen-bond acceptors (Lipinski definition) is 5. The Balaban J connectivity index is 1.77. The normalized spacial score (nSPS) is 13.6. The predicted octanol–water partition coefficient (Wildman–Crippen LogP) is 0.932. The predicted molar refractivity (Wildman–Crippen MR) is 84.0 cm³/mol. The Morgan fingerprint density at radius 1 is 1.27 bits per heavy atom. The van der Waals surface area contributed by atoms with Gasteiger partial charge in [0.2, 0.25) is 5.91 Å². The molecule has 0 aliphatic carbocycles. The van der Waals surface area contributed by atoms with E-state index in [4.69, 9.17) is 5.73 Å². The first-order valence-electron chi connectivity index (χ1n) is 7.36. The minimum Gasteiger partial charge on any atom is -0.366 e. The number of fused-ring (bicyclic) bond motifs is 1. The molecule has 0 atom stereocenters. The van der Waals surface area contributed by atoms with Crippen molar-refractivity contribution in [2.75, 3.05) is 18.4 Å². The van der Waals surface area contributed by atoms with Gasteiger partial charge in [0.25, 0.3) is 0 Å². The van der Waals surface area contributed by atoms with Gasteiger partial charge in [-0.3, -0.25) is 4.79 Å². The van der Waals surface area contributed by atoms with E-state index in [0.717, 1.165) is 23.5 Å². The second-order valence-electron chi connectivity index (χ2n) is 5.26. The Bertz CT molecular complexity index is 659. The lowest BCUT2D eigenvalue weighted by atomic mass is 10.1. The standard InChI is InChI=1S/C16H19N5O/c17-8-15(22)21-7-6-14-13(10-21)16(20-11-19-14)18-9-12-4-2-1-3-5-12/h1-5,11H,6-10,17H2,(H,18,19,20). The van der Waals surface area contributed by atoms with E-state index in [9.17, 15) is 4.79 Å². The van der Waals surface area contributed by atoms with Crippen molar-refractivity contribution >= 4 is 11.7 Å². The molecule has 3 N–H and O–H groups in total. The van der Waals surface area contributed by atoms with Crippen LogP contribution >= 0.6 is 0 Å². The van der Waals surface area contributed by atoms with E-state index in [-0.39, 0.29) is 12.5 Å². The topological polar surface area (TPSA) is 84.1 Å². The molecule has 1 aliphatic rings. The maximum atomic E-state index is 11.8. The highest BCUT2D eigenvalue weighted by Gasteiger charge is 2.23. The summed E-state index contributed by atoms with van der Waals surface area (Å²) in [7, 11) is 0. The van der Waals surface area contributed by atoms with Crippen LogP contribution in [-0.2, 0) is 24.3 Å². The summed E-state index contributed by atoms with van der Waals surface area (Å²) in [6.45, 7) is 1.91. The smallest absolute Gasteiger partial charge is 0.236 e. The van der Waals surface area contributed by atoms with Crippen LogP contribution in [0.3, 0.4) is 0 Å². The van der Waals surface area contributed by atoms with E-state index in [0.29, 0.717) is 19.6 Å². The van der Waals surface area contributed by atoms with Crippen molar-refractivity contribution in [3.05, 3.63) is 53.5 Å². The van der Waals surface area contributed by atoms with Gasteiger partial charge in [-0.15, -0.1) is 0 Å². The summed E-state index contributed by atoms with van der Waals surface area (Å²) in [5.74, 6) is 0.756. The number of aromatic nitrogens is 2. The molecule has 6 nitrogen and oxygen atoms in total. The molecule has 1 aromatic heterocycles. The van der Waals surface area contributed by atoms with Crippen LogP contribution in [-0.4, -0.2) is 33.9 Å². The molecule has 0 saturated heterocycles. The molecule has 0 radical (unpaired) electrons. The van der Waals surface area contributed by atoms with Crippen molar-refractivity contribution in [2.45, 2.75) is 19.5 Å². The zero-order valence-electron chi connectivity index (χ0n) is 12.3. The fourth-order valence-electron chi connectivity index (χ4n) is 2.62. The van der Waals surface area contributed by atoms with Crippen molar-refractivity contribution in [1.82, 2.24) is 14.9 Å². The van der Waals surface area contributed by atoms with E-state index < -0.39 is 0 Å². The highest BCUT2D eigenvalue weighted by Crippen LogP contribution is 2.23. The summed E-state index contributed by atoms with van der Waals surface area (Å²) in [5, 5.41) is 3.35. The lowest BCUT2D eigenvalue weighted by Crippen LogP contribution is -2.40. The second-order valence-corrected chi connectivity index (χ2v) is 5.26. The number of carbonyl (C=O) groups excluding carboxylic acids is 1. The molecule has 1 amide bonds. The lowest BCUT2D eigenvalue weighted by Gasteiger charge is -2.29. The van der Waals surface area contributed by atoms with Crippen LogP contribution < -0.4 is 11.1 Å². The largest absolute Gasteiger partial charge is 0.366 e. The quantitative estimate of drug-likeness (QED) is 0.877. The molecule has 0 saturated carbocycles. The molecule has 0 unspecified atom stereocenters. The fourth-order valence-corrected chi connectivity index (χ4v) is 2.62. The highest BCUT2D eigenvalue weighted by molar-refractivity contribution is 5.78. The van der Waals surface area contributed by atoms with Crippen molar-refractivity contribution in [2.24, 2.45) is 5.73 Å². The van der Waals surface area contributed by atoms with Gasteiger partial charge in [-0.1, -0.05) is 30.3 Å². The number of carbonyl (C=O) groups is 1. The monoisotopic (exact) mass is 297 g/mol. The Morgan fingerprint density at radius 3 is 2.86 bits per heavy atom. The number of nitrogens with two attached hydrogens (primary N) is 1. The molecule has 3 rings (SSSR count). The molecule has 1 aromatic carbocycles. The number of benzene rings is 1. The minimum absolute atomic E-state index is 0.0375. The van der Waals surface area contributed by atoms with Gasteiger partial charge in [-0.25, -0.2) is 9.97 Å². The molecule has 2 aromatic rings. The van der Waals surface area contributed by atoms with Gasteiger partial charge >= 0.3 is 0 Å². The first-order chi connectivity index (χ1) is 10.8. The fraction of sp³-hybridized carbons (Fsp3) is 0.312. The van der Waals surface area contributed by atoms with Crippen LogP contribution in [0.1, 0.15) is 16.8 Å². The summed E-state index contributed by atoms with van der Waals surface area (Å²) < 4.78 is 0. The van der Waals surface area contributed by atoms with Crippen LogP contribution in [0.2, 0.25) is 0 Å². The zero-order valence-corrected chi connectivity index (χ0v) is 12.3. The lowest BCUT2D eigenvalue weighted by molar-refractivity contribution is -0.130. The van der Waals surface area contributed by atoms with E-state index in [1.54, 1.807) is 11.2 Å². The Kier molecular flexibility index (Phi) is 4.29. The number of nitrogens with one attached hydrogen (secondary N) is 1. The van der Waals surface area contributed by atoms with Crippen LogP contribution in [0.15, 0.2) is 36.7 Å². The summed E-state index contributed by atoms with van der Waals surface area (Å²) in [6.07, 6.45) is 2.32. The Labute approximate surface area is 129 Å². The van der Waals surface area contributed by atoms with E-state index in [1.165, 1.54) is 5.56 Å². The molecule has 2 heterocycles. The first-order valence-corrected chi connectivity index (χ1v) is 7.36. The van der Waals surface area contributed by atoms with Gasteiger partial charge in [0, 0.05) is 25.1 Å². The molecule has 114 valence electrons. The van der Waals surface area contributed by atoms with Gasteiger partial charge < -0.3 is 16.0 Å². The molecule has 6 heteroatoms. The van der Waals surface area contributed by atoms with E-state index in [2.05, 4.69) is 27.4 Å². The molecule has 0 fully saturated rings. The molecule has 0 bridgehead atoms. The third-order valence-corrected chi connectivity index (χ3v) is 3.83. The average Bonchev–Trinajstić information content (AvgIpc) is 2.59. The summed E-state index contributed by atoms with van der Waals surface area (Å²) in [5.41, 5.74) is 8.64. The average molecular weight is 297 g/mol. The van der Waals surface area contributed by atoms with Crippen LogP contribution in [0.4, 0.5) is 5.82 Å². The Hall–Kier alpha value is -2.47. The van der Waals surface area contributed by atoms with Crippen molar-refractivity contribution in [3.63, 3.8) is 0 Å². The number of hydrogen-bond donors (Lipinski definition) is 2. The van der Waals surface area contributed by atoms with Gasteiger partial charge in [-0.2, -0.15) is 0 Å². The third-order valence-electron chi connectivity index (χ3n) is 3.83. The minimum atomic E-state index is -0.0384. The summed E-state index contributed by atoms with van der Waals surface area (Å²) in [6, 6.07) is 10.1. The zero-order chi connectivity index (χ0) is 15.4. The highest BCUT2D eigenvalue weighted by atomic mass is 16.2. The van der Waals surface area contributed by atoms with E-state index >= 15 is 0 Å². The van der Waals surface area contributed by atoms with Crippen molar-refractivity contribution in [3.8, 4) is 0 Å². The van der Waals surface area contributed by atoms with Crippen LogP contribution in [0.25, 0.3) is 0 Å². The van der Waals surface area contributed by atoms with Crippen LogP contribution in [0, 0.1) is 0 Å². The van der Waals surface area contributed by atoms with Crippen LogP contribution in [0.5, 0.6) is 0 Å². The maximum Gasteiger partial charge on any atom is 0.236 e. The molecule has 1 aliphatic heterocycles. The Morgan fingerprint density at radius 2 is 2.09 bits per heavy atom. The SMILES string of the molecule is NCC(=O)N1CCc2ncnc(NCc3ccccc3)c2C1. The molecule has 22 heavy (non-hydrogen) atoms. The number of nitrogens with zero attached hydrogens (tertiary/aromatic N) is 3.